The van der Waals surface area contributed by atoms with Crippen LogP contribution in [0.1, 0.15) is 5.56 Å². The van der Waals surface area contributed by atoms with Gasteiger partial charge in [-0.2, -0.15) is 13.2 Å². The lowest BCUT2D eigenvalue weighted by atomic mass is 10.2. The minimum absolute atomic E-state index is 0.0641. The Morgan fingerprint density at radius 1 is 1.00 bits per heavy atom. The van der Waals surface area contributed by atoms with Crippen molar-refractivity contribution in [1.29, 1.82) is 0 Å². The van der Waals surface area contributed by atoms with E-state index in [-0.39, 0.29) is 31.2 Å². The van der Waals surface area contributed by atoms with Crippen molar-refractivity contribution in [3.63, 3.8) is 0 Å². The van der Waals surface area contributed by atoms with Crippen LogP contribution in [0.4, 0.5) is 18.9 Å². The third kappa shape index (κ3) is 6.49. The number of hydrogen-bond acceptors (Lipinski definition) is 5. The van der Waals surface area contributed by atoms with Crippen molar-refractivity contribution in [3.8, 4) is 11.5 Å². The van der Waals surface area contributed by atoms with Gasteiger partial charge in [0.25, 0.3) is 11.6 Å². The van der Waals surface area contributed by atoms with Gasteiger partial charge in [0.15, 0.2) is 6.61 Å². The molecule has 0 fully saturated rings. The molecule has 0 saturated carbocycles. The number of nitrogens with one attached hydrogen (secondary N) is 1. The number of benzene rings is 2. The lowest BCUT2D eigenvalue weighted by molar-refractivity contribution is -0.384. The summed E-state index contributed by atoms with van der Waals surface area (Å²) in [4.78, 5) is 21.6. The van der Waals surface area contributed by atoms with Gasteiger partial charge in [-0.15, -0.1) is 0 Å². The third-order valence-corrected chi connectivity index (χ3v) is 3.29. The lowest BCUT2D eigenvalue weighted by Crippen LogP contribution is -2.32. The molecule has 0 aromatic heterocycles. The standard InChI is InChI=1S/C17H15F3N2O5/c18-17(19,20)12-1-5-14(6-2-12)26-10-9-21-16(23)11-27-15-7-3-13(4-8-15)22(24)25/h1-8H,9-11H2,(H,21,23). The summed E-state index contributed by atoms with van der Waals surface area (Å²) >= 11 is 0. The number of nitrogens with zero attached hydrogens (tertiary/aromatic N) is 1. The number of carbonyl (C=O) groups excluding carboxylic acids is 1. The van der Waals surface area contributed by atoms with Gasteiger partial charge in [-0.25, -0.2) is 0 Å². The van der Waals surface area contributed by atoms with E-state index in [1.165, 1.54) is 36.4 Å². The van der Waals surface area contributed by atoms with Crippen molar-refractivity contribution >= 4 is 11.6 Å². The van der Waals surface area contributed by atoms with E-state index in [1.54, 1.807) is 0 Å². The molecule has 0 spiro atoms. The van der Waals surface area contributed by atoms with Crippen molar-refractivity contribution in [2.24, 2.45) is 0 Å². The maximum Gasteiger partial charge on any atom is 0.416 e. The summed E-state index contributed by atoms with van der Waals surface area (Å²) < 4.78 is 47.7. The molecule has 0 atom stereocenters. The van der Waals surface area contributed by atoms with E-state index in [2.05, 4.69) is 5.32 Å². The normalized spacial score (nSPS) is 10.9. The molecule has 27 heavy (non-hydrogen) atoms. The SMILES string of the molecule is O=C(COc1ccc([N+](=O)[O-])cc1)NCCOc1ccc(C(F)(F)F)cc1. The maximum atomic E-state index is 12.4. The number of amides is 1. The Kier molecular flexibility index (Phi) is 6.58. The van der Waals surface area contributed by atoms with Gasteiger partial charge >= 0.3 is 6.18 Å². The second kappa shape index (κ2) is 8.88. The van der Waals surface area contributed by atoms with E-state index < -0.39 is 22.6 Å². The zero-order valence-corrected chi connectivity index (χ0v) is 13.9. The molecule has 0 heterocycles. The number of halogens is 3. The summed E-state index contributed by atoms with van der Waals surface area (Å²) in [5.74, 6) is 0.112. The number of alkyl halides is 3. The van der Waals surface area contributed by atoms with Gasteiger partial charge in [0, 0.05) is 12.1 Å². The van der Waals surface area contributed by atoms with E-state index >= 15 is 0 Å². The van der Waals surface area contributed by atoms with Gasteiger partial charge in [0.1, 0.15) is 18.1 Å². The third-order valence-electron chi connectivity index (χ3n) is 3.29. The van der Waals surface area contributed by atoms with E-state index in [9.17, 15) is 28.1 Å². The number of nitro groups is 1. The summed E-state index contributed by atoms with van der Waals surface area (Å²) in [6, 6.07) is 9.47. The van der Waals surface area contributed by atoms with Gasteiger partial charge in [-0.3, -0.25) is 14.9 Å². The molecule has 0 bridgehead atoms. The first-order valence-corrected chi connectivity index (χ1v) is 7.70. The van der Waals surface area contributed by atoms with Crippen LogP contribution in [0.15, 0.2) is 48.5 Å². The van der Waals surface area contributed by atoms with Crippen LogP contribution in [0.3, 0.4) is 0 Å². The number of rotatable bonds is 8. The van der Waals surface area contributed by atoms with Crippen molar-refractivity contribution in [2.75, 3.05) is 19.8 Å². The fraction of sp³-hybridized carbons (Fsp3) is 0.235. The largest absolute Gasteiger partial charge is 0.492 e. The smallest absolute Gasteiger partial charge is 0.416 e. The Labute approximate surface area is 151 Å². The first kappa shape index (κ1) is 20.0. The van der Waals surface area contributed by atoms with Crippen LogP contribution >= 0.6 is 0 Å². The van der Waals surface area contributed by atoms with Crippen LogP contribution in [-0.4, -0.2) is 30.6 Å². The highest BCUT2D eigenvalue weighted by atomic mass is 19.4. The van der Waals surface area contributed by atoms with Gasteiger partial charge < -0.3 is 14.8 Å². The lowest BCUT2D eigenvalue weighted by Gasteiger charge is -2.10. The zero-order valence-electron chi connectivity index (χ0n) is 13.9. The predicted octanol–water partition coefficient (Wildman–Crippen LogP) is 3.19. The van der Waals surface area contributed by atoms with E-state index in [0.29, 0.717) is 5.75 Å². The summed E-state index contributed by atoms with van der Waals surface area (Å²) in [5, 5.41) is 13.0. The molecule has 7 nitrogen and oxygen atoms in total. The van der Waals surface area contributed by atoms with Gasteiger partial charge in [-0.05, 0) is 36.4 Å². The molecule has 2 aromatic carbocycles. The Bertz CT molecular complexity index is 777. The molecule has 2 aromatic rings. The van der Waals surface area contributed by atoms with Crippen LogP contribution in [-0.2, 0) is 11.0 Å². The van der Waals surface area contributed by atoms with Crippen LogP contribution in [0, 0.1) is 10.1 Å². The van der Waals surface area contributed by atoms with Crippen LogP contribution in [0.2, 0.25) is 0 Å². The molecule has 0 aliphatic rings. The topological polar surface area (TPSA) is 90.7 Å². The van der Waals surface area contributed by atoms with E-state index in [4.69, 9.17) is 9.47 Å². The molecule has 0 aliphatic heterocycles. The quantitative estimate of drug-likeness (QED) is 0.429. The summed E-state index contributed by atoms with van der Waals surface area (Å²) in [6.07, 6.45) is -4.41. The molecule has 10 heteroatoms. The molecule has 0 unspecified atom stereocenters. The van der Waals surface area contributed by atoms with Crippen molar-refractivity contribution < 1.29 is 32.4 Å². The van der Waals surface area contributed by atoms with Crippen molar-refractivity contribution in [1.82, 2.24) is 5.32 Å². The second-order valence-electron chi connectivity index (χ2n) is 5.26. The molecular formula is C17H15F3N2O5. The number of non-ortho nitro benzene ring substituents is 1. The number of carbonyl (C=O) groups is 1. The highest BCUT2D eigenvalue weighted by Gasteiger charge is 2.29. The average Bonchev–Trinajstić information content (AvgIpc) is 2.63. The first-order valence-electron chi connectivity index (χ1n) is 7.70. The van der Waals surface area contributed by atoms with Crippen LogP contribution in [0.25, 0.3) is 0 Å². The highest BCUT2D eigenvalue weighted by molar-refractivity contribution is 5.77. The zero-order chi connectivity index (χ0) is 19.9. The molecular weight excluding hydrogens is 369 g/mol. The molecule has 1 amide bonds. The van der Waals surface area contributed by atoms with Gasteiger partial charge in [-0.1, -0.05) is 0 Å². The monoisotopic (exact) mass is 384 g/mol. The summed E-state index contributed by atoms with van der Waals surface area (Å²) in [7, 11) is 0. The van der Waals surface area contributed by atoms with Gasteiger partial charge in [0.05, 0.1) is 17.0 Å². The first-order chi connectivity index (χ1) is 12.8. The van der Waals surface area contributed by atoms with Crippen LogP contribution in [0.5, 0.6) is 11.5 Å². The summed E-state index contributed by atoms with van der Waals surface area (Å²) in [5.41, 5.74) is -0.862. The van der Waals surface area contributed by atoms with Crippen molar-refractivity contribution in [2.45, 2.75) is 6.18 Å². The second-order valence-corrected chi connectivity index (χ2v) is 5.26. The fourth-order valence-electron chi connectivity index (χ4n) is 1.96. The number of hydrogen-bond donors (Lipinski definition) is 1. The fourth-order valence-corrected chi connectivity index (χ4v) is 1.96. The number of nitro benzene ring substituents is 1. The van der Waals surface area contributed by atoms with Crippen molar-refractivity contribution in [3.05, 3.63) is 64.2 Å². The van der Waals surface area contributed by atoms with E-state index in [1.807, 2.05) is 0 Å². The summed E-state index contributed by atoms with van der Waals surface area (Å²) in [6.45, 7) is -0.101. The van der Waals surface area contributed by atoms with E-state index in [0.717, 1.165) is 12.1 Å². The molecule has 0 aliphatic carbocycles. The number of ether oxygens (including phenoxy) is 2. The van der Waals surface area contributed by atoms with Gasteiger partial charge in [0.2, 0.25) is 0 Å². The molecule has 0 radical (unpaired) electrons. The maximum absolute atomic E-state index is 12.4. The minimum Gasteiger partial charge on any atom is -0.492 e. The molecule has 144 valence electrons. The molecule has 1 N–H and O–H groups in total. The molecule has 0 saturated heterocycles. The molecule has 2 rings (SSSR count). The predicted molar refractivity (Wildman–Crippen MR) is 88.5 cm³/mol. The van der Waals surface area contributed by atoms with Crippen LogP contribution < -0.4 is 14.8 Å². The Morgan fingerprint density at radius 3 is 2.11 bits per heavy atom. The minimum atomic E-state index is -4.41. The Balaban J connectivity index is 1.66. The highest BCUT2D eigenvalue weighted by Crippen LogP contribution is 2.30. The Hall–Kier alpha value is -3.30. The Morgan fingerprint density at radius 2 is 1.56 bits per heavy atom. The average molecular weight is 384 g/mol.